The molecule has 0 bridgehead atoms. The molecule has 0 amide bonds. The lowest BCUT2D eigenvalue weighted by Gasteiger charge is -2.18. The van der Waals surface area contributed by atoms with Crippen molar-refractivity contribution in [3.8, 4) is 0 Å². The smallest absolute Gasteiger partial charge is 0.185 e. The van der Waals surface area contributed by atoms with Gasteiger partial charge in [0.05, 0.1) is 5.69 Å². The summed E-state index contributed by atoms with van der Waals surface area (Å²) in [5.74, 6) is 0. The van der Waals surface area contributed by atoms with E-state index >= 15 is 0 Å². The molecule has 0 aromatic carbocycles. The quantitative estimate of drug-likeness (QED) is 0.710. The van der Waals surface area contributed by atoms with E-state index in [1.807, 2.05) is 0 Å². The van der Waals surface area contributed by atoms with Crippen LogP contribution in [-0.4, -0.2) is 57.2 Å². The van der Waals surface area contributed by atoms with Crippen LogP contribution in [0.1, 0.15) is 12.6 Å². The number of likely N-dealkylation sites (N-methyl/N-ethyl adjacent to an activating group) is 3. The molecule has 0 unspecified atom stereocenters. The molecule has 17 heavy (non-hydrogen) atoms. The molecule has 1 N–H and O–H groups in total. The van der Waals surface area contributed by atoms with Crippen molar-refractivity contribution in [2.24, 2.45) is 0 Å². The summed E-state index contributed by atoms with van der Waals surface area (Å²) < 4.78 is 0. The summed E-state index contributed by atoms with van der Waals surface area (Å²) in [6, 6.07) is 0. The van der Waals surface area contributed by atoms with Gasteiger partial charge in [-0.3, -0.25) is 0 Å². The Labute approximate surface area is 109 Å². The third-order valence-electron chi connectivity index (χ3n) is 2.56. The number of aromatic nitrogens is 1. The average Bonchev–Trinajstić information content (AvgIpc) is 2.75. The fraction of sp³-hybridized carbons (Fsp3) is 0.750. The Kier molecular flexibility index (Phi) is 6.47. The molecule has 5 heteroatoms. The minimum Gasteiger partial charge on any atom is -0.350 e. The summed E-state index contributed by atoms with van der Waals surface area (Å²) in [6.45, 7) is 6.25. The summed E-state index contributed by atoms with van der Waals surface area (Å²) in [6.07, 6.45) is 1.02. The van der Waals surface area contributed by atoms with Crippen molar-refractivity contribution in [2.45, 2.75) is 13.3 Å². The first kappa shape index (κ1) is 14.4. The van der Waals surface area contributed by atoms with Gasteiger partial charge < -0.3 is 15.1 Å². The largest absolute Gasteiger partial charge is 0.350 e. The Bertz CT molecular complexity index is 311. The van der Waals surface area contributed by atoms with Crippen LogP contribution in [0.25, 0.3) is 0 Å². The molecule has 0 fully saturated rings. The number of rotatable bonds is 8. The number of nitrogens with one attached hydrogen (secondary N) is 1. The molecule has 0 saturated heterocycles. The van der Waals surface area contributed by atoms with Crippen LogP contribution in [0, 0.1) is 0 Å². The average molecular weight is 256 g/mol. The van der Waals surface area contributed by atoms with Crippen LogP contribution in [0.2, 0.25) is 0 Å². The molecule has 0 aliphatic rings. The summed E-state index contributed by atoms with van der Waals surface area (Å²) in [5, 5.41) is 6.61. The number of hydrogen-bond acceptors (Lipinski definition) is 5. The lowest BCUT2D eigenvalue weighted by atomic mass is 10.3. The SMILES string of the molecule is CCNCCc1csc(N(C)CCN(C)C)n1. The van der Waals surface area contributed by atoms with Gasteiger partial charge in [-0.25, -0.2) is 4.98 Å². The summed E-state index contributed by atoms with van der Waals surface area (Å²) in [4.78, 5) is 9.06. The number of nitrogens with zero attached hydrogens (tertiary/aromatic N) is 3. The zero-order valence-corrected chi connectivity index (χ0v) is 12.2. The molecule has 0 radical (unpaired) electrons. The van der Waals surface area contributed by atoms with E-state index in [9.17, 15) is 0 Å². The molecule has 4 nitrogen and oxygen atoms in total. The van der Waals surface area contributed by atoms with E-state index in [2.05, 4.69) is 53.5 Å². The van der Waals surface area contributed by atoms with Crippen LogP contribution in [0.15, 0.2) is 5.38 Å². The molecule has 1 aromatic rings. The minimum absolute atomic E-state index is 1.01. The fourth-order valence-corrected chi connectivity index (χ4v) is 2.28. The Hall–Kier alpha value is -0.650. The second-order valence-electron chi connectivity index (χ2n) is 4.45. The molecule has 1 heterocycles. The van der Waals surface area contributed by atoms with Crippen molar-refractivity contribution in [2.75, 3.05) is 52.2 Å². The fourth-order valence-electron chi connectivity index (χ4n) is 1.43. The predicted molar refractivity (Wildman–Crippen MR) is 76.2 cm³/mol. The predicted octanol–water partition coefficient (Wildman–Crippen LogP) is 1.29. The number of hydrogen-bond donors (Lipinski definition) is 1. The highest BCUT2D eigenvalue weighted by molar-refractivity contribution is 7.13. The molecule has 0 aliphatic heterocycles. The molecule has 0 aliphatic carbocycles. The normalized spacial score (nSPS) is 11.1. The zero-order valence-electron chi connectivity index (χ0n) is 11.4. The van der Waals surface area contributed by atoms with E-state index in [0.29, 0.717) is 0 Å². The first-order valence-electron chi connectivity index (χ1n) is 6.14. The second-order valence-corrected chi connectivity index (χ2v) is 5.29. The first-order valence-corrected chi connectivity index (χ1v) is 7.02. The minimum atomic E-state index is 1.01. The van der Waals surface area contributed by atoms with E-state index in [4.69, 9.17) is 0 Å². The summed E-state index contributed by atoms with van der Waals surface area (Å²) in [7, 11) is 6.30. The monoisotopic (exact) mass is 256 g/mol. The van der Waals surface area contributed by atoms with Crippen molar-refractivity contribution < 1.29 is 0 Å². The summed E-state index contributed by atoms with van der Waals surface area (Å²) in [5.41, 5.74) is 1.20. The Morgan fingerprint density at radius 2 is 2.06 bits per heavy atom. The van der Waals surface area contributed by atoms with Gasteiger partial charge >= 0.3 is 0 Å². The number of anilines is 1. The van der Waals surface area contributed by atoms with Crippen molar-refractivity contribution in [1.82, 2.24) is 15.2 Å². The van der Waals surface area contributed by atoms with Gasteiger partial charge in [0.1, 0.15) is 0 Å². The van der Waals surface area contributed by atoms with Crippen molar-refractivity contribution >= 4 is 16.5 Å². The zero-order chi connectivity index (χ0) is 12.7. The second kappa shape index (κ2) is 7.63. The van der Waals surface area contributed by atoms with Gasteiger partial charge in [-0.2, -0.15) is 0 Å². The topological polar surface area (TPSA) is 31.4 Å². The Balaban J connectivity index is 2.38. The maximum absolute atomic E-state index is 4.65. The maximum Gasteiger partial charge on any atom is 0.185 e. The standard InChI is InChI=1S/C12H24N4S/c1-5-13-7-6-11-10-17-12(14-11)16(4)9-8-15(2)3/h10,13H,5-9H2,1-4H3. The van der Waals surface area contributed by atoms with Gasteiger partial charge in [0.25, 0.3) is 0 Å². The molecular formula is C12H24N4S. The van der Waals surface area contributed by atoms with E-state index in [-0.39, 0.29) is 0 Å². The van der Waals surface area contributed by atoms with Gasteiger partial charge in [0, 0.05) is 38.5 Å². The van der Waals surface area contributed by atoms with Gasteiger partial charge in [-0.1, -0.05) is 6.92 Å². The molecule has 98 valence electrons. The lowest BCUT2D eigenvalue weighted by molar-refractivity contribution is 0.416. The molecule has 0 spiro atoms. The molecule has 0 atom stereocenters. The first-order chi connectivity index (χ1) is 8.13. The van der Waals surface area contributed by atoms with Gasteiger partial charge in [0.2, 0.25) is 0 Å². The lowest BCUT2D eigenvalue weighted by Crippen LogP contribution is -2.28. The van der Waals surface area contributed by atoms with E-state index in [1.165, 1.54) is 5.69 Å². The van der Waals surface area contributed by atoms with Gasteiger partial charge in [-0.15, -0.1) is 11.3 Å². The molecule has 0 saturated carbocycles. The van der Waals surface area contributed by atoms with Crippen LogP contribution < -0.4 is 10.2 Å². The number of thiazole rings is 1. The van der Waals surface area contributed by atoms with Crippen molar-refractivity contribution in [1.29, 1.82) is 0 Å². The van der Waals surface area contributed by atoms with Crippen LogP contribution in [-0.2, 0) is 6.42 Å². The highest BCUT2D eigenvalue weighted by Gasteiger charge is 2.06. The summed E-state index contributed by atoms with van der Waals surface area (Å²) >= 11 is 1.74. The highest BCUT2D eigenvalue weighted by atomic mass is 32.1. The van der Waals surface area contributed by atoms with Crippen LogP contribution in [0.5, 0.6) is 0 Å². The van der Waals surface area contributed by atoms with Crippen molar-refractivity contribution in [3.05, 3.63) is 11.1 Å². The van der Waals surface area contributed by atoms with E-state index < -0.39 is 0 Å². The van der Waals surface area contributed by atoms with Gasteiger partial charge in [0.15, 0.2) is 5.13 Å². The van der Waals surface area contributed by atoms with Crippen molar-refractivity contribution in [3.63, 3.8) is 0 Å². The van der Waals surface area contributed by atoms with Crippen LogP contribution in [0.3, 0.4) is 0 Å². The maximum atomic E-state index is 4.65. The van der Waals surface area contributed by atoms with Gasteiger partial charge in [-0.05, 0) is 20.6 Å². The van der Waals surface area contributed by atoms with Crippen LogP contribution >= 0.6 is 11.3 Å². The van der Waals surface area contributed by atoms with E-state index in [0.717, 1.165) is 37.7 Å². The van der Waals surface area contributed by atoms with Crippen LogP contribution in [0.4, 0.5) is 5.13 Å². The van der Waals surface area contributed by atoms with E-state index in [1.54, 1.807) is 11.3 Å². The Morgan fingerprint density at radius 1 is 1.29 bits per heavy atom. The Morgan fingerprint density at radius 3 is 2.71 bits per heavy atom. The molecular weight excluding hydrogens is 232 g/mol. The third-order valence-corrected chi connectivity index (χ3v) is 3.56. The molecule has 1 rings (SSSR count). The molecule has 1 aromatic heterocycles. The highest BCUT2D eigenvalue weighted by Crippen LogP contribution is 2.19. The third kappa shape index (κ3) is 5.48.